The SMILES string of the molecule is O=C(NCCCN1CCCC1=O)NCC(c1ccco1)N1CCCC1. The number of nitrogens with one attached hydrogen (secondary N) is 2. The number of nitrogens with zero attached hydrogens (tertiary/aromatic N) is 2. The standard InChI is InChI=1S/C18H28N4O3/c23-17-7-3-11-22(17)12-5-8-19-18(24)20-14-15(16-6-4-13-25-16)21-9-1-2-10-21/h4,6,13,15H,1-3,5,7-12,14H2,(H2,19,20,24). The Bertz CT molecular complexity index is 555. The first-order chi connectivity index (χ1) is 12.2. The highest BCUT2D eigenvalue weighted by molar-refractivity contribution is 5.78. The highest BCUT2D eigenvalue weighted by atomic mass is 16.3. The molecule has 0 spiro atoms. The Kier molecular flexibility index (Phi) is 6.33. The molecular formula is C18H28N4O3. The van der Waals surface area contributed by atoms with Crippen molar-refractivity contribution in [1.82, 2.24) is 20.4 Å². The Morgan fingerprint density at radius 1 is 1.20 bits per heavy atom. The predicted octanol–water partition coefficient (Wildman–Crippen LogP) is 1.73. The van der Waals surface area contributed by atoms with Crippen LogP contribution in [0.25, 0.3) is 0 Å². The molecule has 1 atom stereocenters. The molecule has 0 radical (unpaired) electrons. The van der Waals surface area contributed by atoms with Crippen LogP contribution in [0, 0.1) is 0 Å². The maximum absolute atomic E-state index is 12.0. The van der Waals surface area contributed by atoms with Gasteiger partial charge in [-0.1, -0.05) is 0 Å². The summed E-state index contributed by atoms with van der Waals surface area (Å²) in [5.41, 5.74) is 0. The van der Waals surface area contributed by atoms with Gasteiger partial charge < -0.3 is 20.0 Å². The van der Waals surface area contributed by atoms with Crippen LogP contribution in [0.3, 0.4) is 0 Å². The van der Waals surface area contributed by atoms with Crippen LogP contribution in [-0.2, 0) is 4.79 Å². The summed E-state index contributed by atoms with van der Waals surface area (Å²) >= 11 is 0. The highest BCUT2D eigenvalue weighted by Gasteiger charge is 2.26. The third-order valence-electron chi connectivity index (χ3n) is 4.97. The number of urea groups is 1. The first-order valence-corrected chi connectivity index (χ1v) is 9.31. The van der Waals surface area contributed by atoms with E-state index in [-0.39, 0.29) is 18.0 Å². The summed E-state index contributed by atoms with van der Waals surface area (Å²) < 4.78 is 5.56. The normalized spacial score (nSPS) is 19.4. The number of hydrogen-bond donors (Lipinski definition) is 2. The molecule has 25 heavy (non-hydrogen) atoms. The molecule has 0 bridgehead atoms. The number of likely N-dealkylation sites (tertiary alicyclic amines) is 2. The van der Waals surface area contributed by atoms with Crippen molar-refractivity contribution < 1.29 is 14.0 Å². The first-order valence-electron chi connectivity index (χ1n) is 9.31. The molecule has 1 unspecified atom stereocenters. The number of amides is 3. The van der Waals surface area contributed by atoms with Crippen molar-refractivity contribution in [1.29, 1.82) is 0 Å². The van der Waals surface area contributed by atoms with E-state index in [1.165, 1.54) is 12.8 Å². The molecule has 7 heteroatoms. The van der Waals surface area contributed by atoms with Crippen LogP contribution in [0.1, 0.15) is 43.9 Å². The van der Waals surface area contributed by atoms with E-state index in [2.05, 4.69) is 15.5 Å². The second kappa shape index (κ2) is 8.89. The molecule has 3 rings (SSSR count). The fraction of sp³-hybridized carbons (Fsp3) is 0.667. The molecule has 2 N–H and O–H groups in total. The van der Waals surface area contributed by atoms with Crippen molar-refractivity contribution in [3.05, 3.63) is 24.2 Å². The molecule has 2 saturated heterocycles. The lowest BCUT2D eigenvalue weighted by Gasteiger charge is -2.26. The number of carbonyl (C=O) groups is 2. The summed E-state index contributed by atoms with van der Waals surface area (Å²) in [7, 11) is 0. The molecule has 138 valence electrons. The van der Waals surface area contributed by atoms with E-state index in [1.54, 1.807) is 6.26 Å². The van der Waals surface area contributed by atoms with Crippen LogP contribution >= 0.6 is 0 Å². The fourth-order valence-corrected chi connectivity index (χ4v) is 3.61. The number of carbonyl (C=O) groups excluding carboxylic acids is 2. The van der Waals surface area contributed by atoms with Gasteiger partial charge in [-0.2, -0.15) is 0 Å². The topological polar surface area (TPSA) is 77.8 Å². The lowest BCUT2D eigenvalue weighted by Crippen LogP contribution is -2.42. The van der Waals surface area contributed by atoms with Gasteiger partial charge in [0.25, 0.3) is 0 Å². The maximum Gasteiger partial charge on any atom is 0.314 e. The summed E-state index contributed by atoms with van der Waals surface area (Å²) in [5, 5.41) is 5.83. The van der Waals surface area contributed by atoms with Crippen molar-refractivity contribution >= 4 is 11.9 Å². The molecular weight excluding hydrogens is 320 g/mol. The maximum atomic E-state index is 12.0. The quantitative estimate of drug-likeness (QED) is 0.702. The molecule has 0 aromatic carbocycles. The number of hydrogen-bond acceptors (Lipinski definition) is 4. The number of rotatable bonds is 8. The zero-order valence-electron chi connectivity index (χ0n) is 14.7. The lowest BCUT2D eigenvalue weighted by atomic mass is 10.2. The molecule has 7 nitrogen and oxygen atoms in total. The highest BCUT2D eigenvalue weighted by Crippen LogP contribution is 2.24. The van der Waals surface area contributed by atoms with Crippen LogP contribution in [-0.4, -0.2) is 61.0 Å². The van der Waals surface area contributed by atoms with E-state index in [9.17, 15) is 9.59 Å². The fourth-order valence-electron chi connectivity index (χ4n) is 3.61. The predicted molar refractivity (Wildman–Crippen MR) is 94.1 cm³/mol. The van der Waals surface area contributed by atoms with E-state index in [0.717, 1.165) is 44.8 Å². The summed E-state index contributed by atoms with van der Waals surface area (Å²) in [6, 6.07) is 3.78. The minimum absolute atomic E-state index is 0.0884. The molecule has 2 aliphatic rings. The Morgan fingerprint density at radius 2 is 2.04 bits per heavy atom. The second-order valence-electron chi connectivity index (χ2n) is 6.75. The van der Waals surface area contributed by atoms with Gasteiger partial charge in [0, 0.05) is 32.6 Å². The van der Waals surface area contributed by atoms with Crippen molar-refractivity contribution in [3.8, 4) is 0 Å². The molecule has 2 fully saturated rings. The van der Waals surface area contributed by atoms with Gasteiger partial charge in [-0.15, -0.1) is 0 Å². The van der Waals surface area contributed by atoms with Crippen LogP contribution in [0.5, 0.6) is 0 Å². The average Bonchev–Trinajstić information content (AvgIpc) is 3.36. The Morgan fingerprint density at radius 3 is 2.72 bits per heavy atom. The van der Waals surface area contributed by atoms with Crippen molar-refractivity contribution in [2.45, 2.75) is 38.1 Å². The molecule has 0 aliphatic carbocycles. The van der Waals surface area contributed by atoms with E-state index < -0.39 is 0 Å². The summed E-state index contributed by atoms with van der Waals surface area (Å²) in [6.07, 6.45) is 6.47. The van der Waals surface area contributed by atoms with Gasteiger partial charge in [0.15, 0.2) is 0 Å². The Balaban J connectivity index is 1.37. The van der Waals surface area contributed by atoms with Gasteiger partial charge >= 0.3 is 6.03 Å². The minimum Gasteiger partial charge on any atom is -0.468 e. The molecule has 1 aromatic heterocycles. The monoisotopic (exact) mass is 348 g/mol. The molecule has 2 aliphatic heterocycles. The largest absolute Gasteiger partial charge is 0.468 e. The zero-order chi connectivity index (χ0) is 17.5. The van der Waals surface area contributed by atoms with Gasteiger partial charge in [-0.25, -0.2) is 4.79 Å². The van der Waals surface area contributed by atoms with Crippen molar-refractivity contribution in [2.24, 2.45) is 0 Å². The molecule has 3 amide bonds. The zero-order valence-corrected chi connectivity index (χ0v) is 14.7. The van der Waals surface area contributed by atoms with Gasteiger partial charge in [0.05, 0.1) is 12.3 Å². The third-order valence-corrected chi connectivity index (χ3v) is 4.97. The van der Waals surface area contributed by atoms with E-state index in [4.69, 9.17) is 4.42 Å². The van der Waals surface area contributed by atoms with E-state index in [1.807, 2.05) is 17.0 Å². The van der Waals surface area contributed by atoms with Crippen molar-refractivity contribution in [3.63, 3.8) is 0 Å². The molecule has 3 heterocycles. The van der Waals surface area contributed by atoms with Gasteiger partial charge in [-0.3, -0.25) is 9.69 Å². The Labute approximate surface area is 148 Å². The Hall–Kier alpha value is -2.02. The van der Waals surface area contributed by atoms with Crippen molar-refractivity contribution in [2.75, 3.05) is 39.3 Å². The van der Waals surface area contributed by atoms with E-state index >= 15 is 0 Å². The number of furan rings is 1. The van der Waals surface area contributed by atoms with E-state index in [0.29, 0.717) is 19.5 Å². The molecule has 0 saturated carbocycles. The lowest BCUT2D eigenvalue weighted by molar-refractivity contribution is -0.127. The van der Waals surface area contributed by atoms with Crippen LogP contribution in [0.15, 0.2) is 22.8 Å². The second-order valence-corrected chi connectivity index (χ2v) is 6.75. The van der Waals surface area contributed by atoms with Gasteiger partial charge in [-0.05, 0) is 50.9 Å². The summed E-state index contributed by atoms with van der Waals surface area (Å²) in [5.74, 6) is 1.13. The minimum atomic E-state index is -0.163. The van der Waals surface area contributed by atoms with Gasteiger partial charge in [0.2, 0.25) is 5.91 Å². The van der Waals surface area contributed by atoms with Crippen LogP contribution in [0.4, 0.5) is 4.79 Å². The summed E-state index contributed by atoms with van der Waals surface area (Å²) in [4.78, 5) is 27.8. The van der Waals surface area contributed by atoms with Gasteiger partial charge in [0.1, 0.15) is 5.76 Å². The molecule has 1 aromatic rings. The third kappa shape index (κ3) is 4.98. The van der Waals surface area contributed by atoms with Crippen LogP contribution < -0.4 is 10.6 Å². The summed E-state index contributed by atoms with van der Waals surface area (Å²) in [6.45, 7) is 4.76. The smallest absolute Gasteiger partial charge is 0.314 e. The van der Waals surface area contributed by atoms with Crippen LogP contribution in [0.2, 0.25) is 0 Å². The first kappa shape index (κ1) is 17.8. The average molecular weight is 348 g/mol.